The van der Waals surface area contributed by atoms with E-state index >= 15 is 0 Å². The second-order valence-corrected chi connectivity index (χ2v) is 7.58. The van der Waals surface area contributed by atoms with Gasteiger partial charge in [-0.2, -0.15) is 0 Å². The van der Waals surface area contributed by atoms with Crippen LogP contribution in [0.4, 0.5) is 5.69 Å². The third-order valence-corrected chi connectivity index (χ3v) is 4.71. The highest BCUT2D eigenvalue weighted by molar-refractivity contribution is 9.10. The molecule has 0 unspecified atom stereocenters. The molecule has 1 aromatic heterocycles. The average molecular weight is 440 g/mol. The van der Waals surface area contributed by atoms with Crippen molar-refractivity contribution in [1.82, 2.24) is 9.88 Å². The summed E-state index contributed by atoms with van der Waals surface area (Å²) in [6.07, 6.45) is 1.54. The van der Waals surface area contributed by atoms with Crippen LogP contribution >= 0.6 is 15.9 Å². The van der Waals surface area contributed by atoms with Gasteiger partial charge in [0.2, 0.25) is 5.88 Å². The van der Waals surface area contributed by atoms with Crippen LogP contribution in [0.25, 0.3) is 0 Å². The lowest BCUT2D eigenvalue weighted by molar-refractivity contribution is 0.0784. The normalized spacial score (nSPS) is 10.4. The lowest BCUT2D eigenvalue weighted by atomic mass is 10.1. The van der Waals surface area contributed by atoms with Crippen molar-refractivity contribution in [3.63, 3.8) is 0 Å². The lowest BCUT2D eigenvalue weighted by Crippen LogP contribution is -2.26. The molecular formula is C22H22BrN3O2. The number of pyridine rings is 1. The first kappa shape index (κ1) is 19.9. The van der Waals surface area contributed by atoms with Gasteiger partial charge in [-0.3, -0.25) is 4.79 Å². The molecule has 0 N–H and O–H groups in total. The molecule has 0 saturated carbocycles. The first-order valence-electron chi connectivity index (χ1n) is 8.83. The second kappa shape index (κ2) is 8.89. The Balaban J connectivity index is 1.63. The molecule has 0 saturated heterocycles. The predicted molar refractivity (Wildman–Crippen MR) is 115 cm³/mol. The first-order valence-corrected chi connectivity index (χ1v) is 9.63. The van der Waals surface area contributed by atoms with Crippen LogP contribution in [-0.4, -0.2) is 36.9 Å². The maximum Gasteiger partial charge on any atom is 0.255 e. The number of nitrogens with zero attached hydrogens (tertiary/aromatic N) is 3. The van der Waals surface area contributed by atoms with E-state index in [1.165, 1.54) is 0 Å². The highest BCUT2D eigenvalue weighted by Crippen LogP contribution is 2.23. The summed E-state index contributed by atoms with van der Waals surface area (Å²) in [7, 11) is 5.79. The molecule has 0 aliphatic carbocycles. The zero-order chi connectivity index (χ0) is 20.1. The fourth-order valence-corrected chi connectivity index (χ4v) is 3.06. The summed E-state index contributed by atoms with van der Waals surface area (Å²) in [6.45, 7) is 0.531. The van der Waals surface area contributed by atoms with Crippen LogP contribution in [0.2, 0.25) is 0 Å². The monoisotopic (exact) mass is 439 g/mol. The van der Waals surface area contributed by atoms with E-state index < -0.39 is 0 Å². The summed E-state index contributed by atoms with van der Waals surface area (Å²) in [4.78, 5) is 20.6. The number of ether oxygens (including phenoxy) is 1. The minimum atomic E-state index is -0.0850. The van der Waals surface area contributed by atoms with Crippen LogP contribution in [0, 0.1) is 0 Å². The van der Waals surface area contributed by atoms with Gasteiger partial charge in [-0.1, -0.05) is 34.1 Å². The SMILES string of the molecule is CN(Cc1ccc(N(C)C)cc1)C(=O)c1ccc(Oc2cccc(Br)c2)nc1. The summed E-state index contributed by atoms with van der Waals surface area (Å²) in [5.74, 6) is 1.04. The second-order valence-electron chi connectivity index (χ2n) is 6.67. The standard InChI is InChI=1S/C22H22BrN3O2/c1-25(2)19-10-7-16(8-11-19)15-26(3)22(27)17-9-12-21(24-14-17)28-20-6-4-5-18(23)13-20/h4-14H,15H2,1-3H3. The summed E-state index contributed by atoms with van der Waals surface area (Å²) in [5, 5.41) is 0. The molecule has 5 nitrogen and oxygen atoms in total. The Morgan fingerprint density at radius 2 is 1.79 bits per heavy atom. The van der Waals surface area contributed by atoms with Crippen molar-refractivity contribution in [3.05, 3.63) is 82.5 Å². The van der Waals surface area contributed by atoms with E-state index in [0.717, 1.165) is 15.7 Å². The van der Waals surface area contributed by atoms with E-state index in [9.17, 15) is 4.79 Å². The molecule has 2 aromatic carbocycles. The number of rotatable bonds is 6. The minimum absolute atomic E-state index is 0.0850. The van der Waals surface area contributed by atoms with Crippen molar-refractivity contribution < 1.29 is 9.53 Å². The number of carbonyl (C=O) groups excluding carboxylic acids is 1. The van der Waals surface area contributed by atoms with E-state index in [2.05, 4.69) is 20.9 Å². The Hall–Kier alpha value is -2.86. The average Bonchev–Trinajstić information content (AvgIpc) is 2.68. The highest BCUT2D eigenvalue weighted by Gasteiger charge is 2.13. The smallest absolute Gasteiger partial charge is 0.255 e. The molecule has 6 heteroatoms. The van der Waals surface area contributed by atoms with Gasteiger partial charge in [-0.05, 0) is 42.0 Å². The molecule has 3 aromatic rings. The van der Waals surface area contributed by atoms with Crippen LogP contribution in [0.5, 0.6) is 11.6 Å². The molecule has 0 aliphatic rings. The van der Waals surface area contributed by atoms with Crippen LogP contribution in [0.1, 0.15) is 15.9 Å². The summed E-state index contributed by atoms with van der Waals surface area (Å²) >= 11 is 3.41. The Morgan fingerprint density at radius 1 is 1.04 bits per heavy atom. The Morgan fingerprint density at radius 3 is 2.39 bits per heavy atom. The zero-order valence-corrected chi connectivity index (χ0v) is 17.7. The van der Waals surface area contributed by atoms with Crippen LogP contribution in [-0.2, 0) is 6.54 Å². The van der Waals surface area contributed by atoms with Gasteiger partial charge in [0.05, 0.1) is 5.56 Å². The van der Waals surface area contributed by atoms with Crippen molar-refractivity contribution in [1.29, 1.82) is 0 Å². The van der Waals surface area contributed by atoms with Gasteiger partial charge < -0.3 is 14.5 Å². The summed E-state index contributed by atoms with van der Waals surface area (Å²) in [6, 6.07) is 19.1. The number of hydrogen-bond acceptors (Lipinski definition) is 4. The third-order valence-electron chi connectivity index (χ3n) is 4.22. The van der Waals surface area contributed by atoms with E-state index in [1.807, 2.05) is 67.5 Å². The Bertz CT molecular complexity index is 941. The molecule has 0 spiro atoms. The van der Waals surface area contributed by atoms with Crippen molar-refractivity contribution in [2.24, 2.45) is 0 Å². The minimum Gasteiger partial charge on any atom is -0.439 e. The first-order chi connectivity index (χ1) is 13.4. The molecule has 144 valence electrons. The van der Waals surface area contributed by atoms with Gasteiger partial charge >= 0.3 is 0 Å². The van der Waals surface area contributed by atoms with Gasteiger partial charge in [0, 0.05) is 50.1 Å². The fourth-order valence-electron chi connectivity index (χ4n) is 2.68. The van der Waals surface area contributed by atoms with Crippen LogP contribution < -0.4 is 9.64 Å². The molecule has 0 atom stereocenters. The molecule has 0 radical (unpaired) electrons. The lowest BCUT2D eigenvalue weighted by Gasteiger charge is -2.18. The molecule has 0 aliphatic heterocycles. The third kappa shape index (κ3) is 5.10. The molecular weight excluding hydrogens is 418 g/mol. The topological polar surface area (TPSA) is 45.7 Å². The Labute approximate surface area is 173 Å². The highest BCUT2D eigenvalue weighted by atomic mass is 79.9. The number of anilines is 1. The fraction of sp³-hybridized carbons (Fsp3) is 0.182. The maximum atomic E-state index is 12.7. The zero-order valence-electron chi connectivity index (χ0n) is 16.1. The quantitative estimate of drug-likeness (QED) is 0.543. The number of halogens is 1. The molecule has 28 heavy (non-hydrogen) atoms. The summed E-state index contributed by atoms with van der Waals surface area (Å²) in [5.41, 5.74) is 2.72. The van der Waals surface area contributed by atoms with E-state index in [4.69, 9.17) is 4.74 Å². The molecule has 0 fully saturated rings. The predicted octanol–water partition coefficient (Wildman–Crippen LogP) is 4.97. The largest absolute Gasteiger partial charge is 0.439 e. The molecule has 1 heterocycles. The Kier molecular flexibility index (Phi) is 6.31. The number of amides is 1. The maximum absolute atomic E-state index is 12.7. The molecule has 1 amide bonds. The van der Waals surface area contributed by atoms with Crippen molar-refractivity contribution >= 4 is 27.5 Å². The van der Waals surface area contributed by atoms with Crippen molar-refractivity contribution in [2.75, 3.05) is 26.0 Å². The number of aromatic nitrogens is 1. The number of carbonyl (C=O) groups is 1. The van der Waals surface area contributed by atoms with Crippen LogP contribution in [0.15, 0.2) is 71.3 Å². The summed E-state index contributed by atoms with van der Waals surface area (Å²) < 4.78 is 6.64. The van der Waals surface area contributed by atoms with Crippen LogP contribution in [0.3, 0.4) is 0 Å². The van der Waals surface area contributed by atoms with E-state index in [1.54, 1.807) is 30.3 Å². The van der Waals surface area contributed by atoms with Gasteiger partial charge in [0.25, 0.3) is 5.91 Å². The molecule has 0 bridgehead atoms. The van der Waals surface area contributed by atoms with Gasteiger partial charge in [-0.25, -0.2) is 4.98 Å². The van der Waals surface area contributed by atoms with E-state index in [-0.39, 0.29) is 5.91 Å². The van der Waals surface area contributed by atoms with Crippen molar-refractivity contribution in [3.8, 4) is 11.6 Å². The van der Waals surface area contributed by atoms with Gasteiger partial charge in [0.1, 0.15) is 5.75 Å². The molecule has 3 rings (SSSR count). The van der Waals surface area contributed by atoms with Gasteiger partial charge in [-0.15, -0.1) is 0 Å². The van der Waals surface area contributed by atoms with Gasteiger partial charge in [0.15, 0.2) is 0 Å². The van der Waals surface area contributed by atoms with Crippen molar-refractivity contribution in [2.45, 2.75) is 6.54 Å². The van der Waals surface area contributed by atoms with E-state index in [0.29, 0.717) is 23.7 Å². The number of hydrogen-bond donors (Lipinski definition) is 0. The number of benzene rings is 2.